The van der Waals surface area contributed by atoms with Gasteiger partial charge in [0.15, 0.2) is 5.11 Å². The molecule has 1 aromatic carbocycles. The minimum absolute atomic E-state index is 0.0465. The molecule has 0 radical (unpaired) electrons. The smallest absolute Gasteiger partial charge is 0.251 e. The van der Waals surface area contributed by atoms with Gasteiger partial charge in [0.2, 0.25) is 5.91 Å². The van der Waals surface area contributed by atoms with Gasteiger partial charge in [-0.3, -0.25) is 14.5 Å². The second-order valence-corrected chi connectivity index (χ2v) is 9.46. The first-order chi connectivity index (χ1) is 14.5. The lowest BCUT2D eigenvalue weighted by molar-refractivity contribution is -0.135. The van der Waals surface area contributed by atoms with Crippen molar-refractivity contribution in [2.45, 2.75) is 43.1 Å². The van der Waals surface area contributed by atoms with E-state index in [1.165, 1.54) is 0 Å². The van der Waals surface area contributed by atoms with Crippen LogP contribution in [0.5, 0.6) is 0 Å². The van der Waals surface area contributed by atoms with E-state index in [1.54, 1.807) is 29.6 Å². The molecule has 3 unspecified atom stereocenters. The highest BCUT2D eigenvalue weighted by Gasteiger charge is 2.42. The molecule has 158 valence electrons. The molecule has 3 atom stereocenters. The normalized spacial score (nSPS) is 23.6. The number of thiocarbonyl (C=S) groups is 1. The van der Waals surface area contributed by atoms with Crippen LogP contribution in [0.15, 0.2) is 36.8 Å². The predicted molar refractivity (Wildman–Crippen MR) is 121 cm³/mol. The van der Waals surface area contributed by atoms with Crippen molar-refractivity contribution in [2.24, 2.45) is 5.92 Å². The zero-order valence-electron chi connectivity index (χ0n) is 16.4. The lowest BCUT2D eigenvalue weighted by atomic mass is 9.82. The summed E-state index contributed by atoms with van der Waals surface area (Å²) in [6.07, 6.45) is 6.89. The van der Waals surface area contributed by atoms with E-state index in [0.29, 0.717) is 35.0 Å². The summed E-state index contributed by atoms with van der Waals surface area (Å²) in [4.78, 5) is 34.4. The number of imidazole rings is 1. The van der Waals surface area contributed by atoms with Crippen LogP contribution < -0.4 is 10.6 Å². The first kappa shape index (κ1) is 21.0. The van der Waals surface area contributed by atoms with Gasteiger partial charge in [-0.1, -0.05) is 28.1 Å². The number of halogens is 1. The molecule has 1 saturated heterocycles. The van der Waals surface area contributed by atoms with Gasteiger partial charge < -0.3 is 15.6 Å². The van der Waals surface area contributed by atoms with Gasteiger partial charge in [0.05, 0.1) is 18.8 Å². The Bertz CT molecular complexity index is 918. The van der Waals surface area contributed by atoms with Gasteiger partial charge in [-0.05, 0) is 49.2 Å². The maximum absolute atomic E-state index is 13.0. The second-order valence-electron chi connectivity index (χ2n) is 7.78. The molecule has 3 N–H and O–H groups in total. The standard InChI is InChI=1S/C21H24BrN5O2S/c22-15-5-6-18-17(9-15)20(29)27(21(30)26-18)11-13-1-3-14(4-2-13)19(28)24-8-7-16-10-23-12-25-16/h1-4,10,12,15,17-18H,5-9,11H2,(H,23,25)(H,24,28)(H,26,30). The van der Waals surface area contributed by atoms with Gasteiger partial charge in [-0.2, -0.15) is 0 Å². The first-order valence-electron chi connectivity index (χ1n) is 10.1. The van der Waals surface area contributed by atoms with Crippen LogP contribution in [0.2, 0.25) is 0 Å². The van der Waals surface area contributed by atoms with Crippen molar-refractivity contribution in [1.82, 2.24) is 25.5 Å². The van der Waals surface area contributed by atoms with E-state index in [4.69, 9.17) is 12.2 Å². The van der Waals surface area contributed by atoms with Crippen molar-refractivity contribution in [3.63, 3.8) is 0 Å². The van der Waals surface area contributed by atoms with Crippen molar-refractivity contribution < 1.29 is 9.59 Å². The molecule has 2 aromatic rings. The third kappa shape index (κ3) is 4.73. The van der Waals surface area contributed by atoms with Gasteiger partial charge >= 0.3 is 0 Å². The monoisotopic (exact) mass is 489 g/mol. The fourth-order valence-corrected chi connectivity index (χ4v) is 5.00. The highest BCUT2D eigenvalue weighted by molar-refractivity contribution is 9.09. The molecule has 4 rings (SSSR count). The highest BCUT2D eigenvalue weighted by Crippen LogP contribution is 2.33. The van der Waals surface area contributed by atoms with E-state index in [2.05, 4.69) is 36.5 Å². The third-order valence-corrected chi connectivity index (χ3v) is 6.89. The predicted octanol–water partition coefficient (Wildman–Crippen LogP) is 2.53. The summed E-state index contributed by atoms with van der Waals surface area (Å²) in [6.45, 7) is 0.935. The Morgan fingerprint density at radius 2 is 2.10 bits per heavy atom. The molecule has 1 aromatic heterocycles. The van der Waals surface area contributed by atoms with Crippen LogP contribution in [-0.2, 0) is 17.8 Å². The van der Waals surface area contributed by atoms with Crippen LogP contribution in [0.1, 0.15) is 40.9 Å². The molecule has 2 amide bonds. The highest BCUT2D eigenvalue weighted by atomic mass is 79.9. The summed E-state index contributed by atoms with van der Waals surface area (Å²) in [5.41, 5.74) is 2.50. The number of rotatable bonds is 6. The third-order valence-electron chi connectivity index (χ3n) is 5.72. The van der Waals surface area contributed by atoms with Crippen molar-refractivity contribution in [3.8, 4) is 0 Å². The number of benzene rings is 1. The number of nitrogens with one attached hydrogen (secondary N) is 3. The minimum atomic E-state index is -0.124. The molecule has 1 aliphatic carbocycles. The van der Waals surface area contributed by atoms with Crippen LogP contribution in [0.4, 0.5) is 0 Å². The molecule has 0 spiro atoms. The van der Waals surface area contributed by atoms with Crippen LogP contribution in [0, 0.1) is 5.92 Å². The van der Waals surface area contributed by atoms with Crippen LogP contribution in [0.3, 0.4) is 0 Å². The summed E-state index contributed by atoms with van der Waals surface area (Å²) < 4.78 is 0. The van der Waals surface area contributed by atoms with Crippen molar-refractivity contribution >= 4 is 45.1 Å². The second kappa shape index (κ2) is 9.26. The number of carbonyl (C=O) groups is 2. The van der Waals surface area contributed by atoms with Crippen LogP contribution in [-0.4, -0.2) is 49.2 Å². The fraction of sp³-hybridized carbons (Fsp3) is 0.429. The summed E-state index contributed by atoms with van der Waals surface area (Å²) in [6, 6.07) is 7.45. The minimum Gasteiger partial charge on any atom is -0.359 e. The van der Waals surface area contributed by atoms with Gasteiger partial charge in [0.1, 0.15) is 0 Å². The Kier molecular flexibility index (Phi) is 6.48. The molecule has 1 aliphatic heterocycles. The number of aromatic amines is 1. The summed E-state index contributed by atoms with van der Waals surface area (Å²) in [5.74, 6) is -0.0796. The molecule has 9 heteroatoms. The molecule has 7 nitrogen and oxygen atoms in total. The molecule has 2 fully saturated rings. The number of fused-ring (bicyclic) bond motifs is 1. The van der Waals surface area contributed by atoms with E-state index in [1.807, 2.05) is 12.1 Å². The average molecular weight is 490 g/mol. The maximum atomic E-state index is 13.0. The van der Waals surface area contributed by atoms with Gasteiger partial charge in [0, 0.05) is 41.3 Å². The molecule has 2 aliphatic rings. The Morgan fingerprint density at radius 3 is 2.83 bits per heavy atom. The number of hydrogen-bond donors (Lipinski definition) is 3. The van der Waals surface area contributed by atoms with E-state index in [-0.39, 0.29) is 23.8 Å². The molecule has 0 bridgehead atoms. The van der Waals surface area contributed by atoms with E-state index in [9.17, 15) is 9.59 Å². The fourth-order valence-electron chi connectivity index (χ4n) is 4.03. The lowest BCUT2D eigenvalue weighted by Crippen LogP contribution is -2.61. The zero-order chi connectivity index (χ0) is 21.1. The molecule has 30 heavy (non-hydrogen) atoms. The lowest BCUT2D eigenvalue weighted by Gasteiger charge is -2.43. The van der Waals surface area contributed by atoms with Crippen molar-refractivity contribution in [3.05, 3.63) is 53.6 Å². The average Bonchev–Trinajstić information content (AvgIpc) is 3.26. The van der Waals surface area contributed by atoms with Crippen molar-refractivity contribution in [2.75, 3.05) is 6.54 Å². The molecule has 1 saturated carbocycles. The Labute approximate surface area is 189 Å². The Hall–Kier alpha value is -2.26. The number of H-pyrrole nitrogens is 1. The number of hydrogen-bond acceptors (Lipinski definition) is 4. The summed E-state index contributed by atoms with van der Waals surface area (Å²) in [7, 11) is 0. The zero-order valence-corrected chi connectivity index (χ0v) is 18.8. The number of nitrogens with zero attached hydrogens (tertiary/aromatic N) is 2. The molecular formula is C21H24BrN5O2S. The number of aromatic nitrogens is 2. The summed E-state index contributed by atoms with van der Waals surface area (Å²) in [5, 5.41) is 6.74. The molecule has 2 heterocycles. The topological polar surface area (TPSA) is 90.1 Å². The van der Waals surface area contributed by atoms with E-state index >= 15 is 0 Å². The van der Waals surface area contributed by atoms with E-state index < -0.39 is 0 Å². The Balaban J connectivity index is 1.34. The number of amides is 2. The molecular weight excluding hydrogens is 466 g/mol. The van der Waals surface area contributed by atoms with Crippen molar-refractivity contribution in [1.29, 1.82) is 0 Å². The first-order valence-corrected chi connectivity index (χ1v) is 11.4. The van der Waals surface area contributed by atoms with Gasteiger partial charge in [-0.15, -0.1) is 0 Å². The van der Waals surface area contributed by atoms with E-state index in [0.717, 1.165) is 30.5 Å². The van der Waals surface area contributed by atoms with Crippen LogP contribution in [0.25, 0.3) is 0 Å². The van der Waals surface area contributed by atoms with Gasteiger partial charge in [-0.25, -0.2) is 4.98 Å². The quantitative estimate of drug-likeness (QED) is 0.428. The number of alkyl halides is 1. The Morgan fingerprint density at radius 1 is 1.30 bits per heavy atom. The SMILES string of the molecule is O=C(NCCc1cnc[nH]1)c1ccc(CN2C(=O)C3CC(Br)CCC3NC2=S)cc1. The van der Waals surface area contributed by atoms with Crippen LogP contribution >= 0.6 is 28.1 Å². The maximum Gasteiger partial charge on any atom is 0.251 e. The number of carbonyl (C=O) groups excluding carboxylic acids is 2. The van der Waals surface area contributed by atoms with Gasteiger partial charge in [0.25, 0.3) is 5.91 Å². The largest absolute Gasteiger partial charge is 0.359 e. The summed E-state index contributed by atoms with van der Waals surface area (Å²) >= 11 is 9.12.